The van der Waals surface area contributed by atoms with E-state index >= 15 is 0 Å². The highest BCUT2D eigenvalue weighted by atomic mass is 35.5. The van der Waals surface area contributed by atoms with Crippen LogP contribution in [-0.4, -0.2) is 24.5 Å². The molecule has 10 heteroatoms. The van der Waals surface area contributed by atoms with E-state index < -0.39 is 10.8 Å². The number of nitro groups is 1. The fraction of sp³-hybridized carbons (Fsp3) is 0.154. The summed E-state index contributed by atoms with van der Waals surface area (Å²) < 4.78 is 16.5. The normalized spacial score (nSPS) is 10.8. The molecule has 36 heavy (non-hydrogen) atoms. The lowest BCUT2D eigenvalue weighted by molar-refractivity contribution is -0.384. The number of rotatable bonds is 10. The Morgan fingerprint density at radius 2 is 1.92 bits per heavy atom. The van der Waals surface area contributed by atoms with Crippen LogP contribution in [-0.2, 0) is 11.4 Å². The highest BCUT2D eigenvalue weighted by molar-refractivity contribution is 6.32. The van der Waals surface area contributed by atoms with Crippen molar-refractivity contribution in [1.29, 1.82) is 5.26 Å². The van der Waals surface area contributed by atoms with Gasteiger partial charge in [-0.3, -0.25) is 14.9 Å². The summed E-state index contributed by atoms with van der Waals surface area (Å²) in [6, 6.07) is 18.4. The molecule has 0 spiro atoms. The van der Waals surface area contributed by atoms with Gasteiger partial charge in [0.15, 0.2) is 11.5 Å². The minimum atomic E-state index is -0.829. The second-order valence-corrected chi connectivity index (χ2v) is 7.71. The van der Waals surface area contributed by atoms with Crippen LogP contribution in [0.5, 0.6) is 17.2 Å². The van der Waals surface area contributed by atoms with Gasteiger partial charge in [-0.2, -0.15) is 5.26 Å². The van der Waals surface area contributed by atoms with Crippen molar-refractivity contribution in [3.05, 3.63) is 92.5 Å². The number of nitrogens with zero attached hydrogens (tertiary/aromatic N) is 2. The number of carbonyl (C=O) groups excluding carboxylic acids is 1. The van der Waals surface area contributed by atoms with Gasteiger partial charge in [-0.05, 0) is 48.4 Å². The smallest absolute Gasteiger partial charge is 0.296 e. The van der Waals surface area contributed by atoms with Crippen LogP contribution in [0.2, 0.25) is 5.02 Å². The molecule has 0 unspecified atom stereocenters. The van der Waals surface area contributed by atoms with Gasteiger partial charge in [0.05, 0.1) is 29.7 Å². The maximum absolute atomic E-state index is 12.8. The van der Waals surface area contributed by atoms with Crippen molar-refractivity contribution in [3.8, 4) is 23.3 Å². The molecule has 0 bridgehead atoms. The van der Waals surface area contributed by atoms with Crippen molar-refractivity contribution in [3.63, 3.8) is 0 Å². The van der Waals surface area contributed by atoms with Gasteiger partial charge in [-0.1, -0.05) is 41.9 Å². The number of hydrogen-bond donors (Lipinski definition) is 1. The zero-order valence-corrected chi connectivity index (χ0v) is 20.2. The molecule has 0 heterocycles. The highest BCUT2D eigenvalue weighted by Gasteiger charge is 2.20. The summed E-state index contributed by atoms with van der Waals surface area (Å²) in [7, 11) is 1.37. The van der Waals surface area contributed by atoms with E-state index in [0.717, 1.165) is 5.56 Å². The summed E-state index contributed by atoms with van der Waals surface area (Å²) in [5, 5.41) is 23.6. The van der Waals surface area contributed by atoms with Gasteiger partial charge >= 0.3 is 0 Å². The quantitative estimate of drug-likeness (QED) is 0.159. The van der Waals surface area contributed by atoms with Gasteiger partial charge < -0.3 is 19.5 Å². The van der Waals surface area contributed by atoms with Gasteiger partial charge in [0.2, 0.25) is 0 Å². The van der Waals surface area contributed by atoms with E-state index in [1.807, 2.05) is 36.4 Å². The zero-order valence-electron chi connectivity index (χ0n) is 19.5. The Labute approximate surface area is 212 Å². The number of nitriles is 1. The Morgan fingerprint density at radius 3 is 2.56 bits per heavy atom. The molecule has 184 valence electrons. The molecular formula is C26H22ClN3O6. The average molecular weight is 508 g/mol. The fourth-order valence-corrected chi connectivity index (χ4v) is 3.48. The first-order valence-corrected chi connectivity index (χ1v) is 11.1. The summed E-state index contributed by atoms with van der Waals surface area (Å²) in [5.74, 6) is 0.0969. The number of nitro benzene ring substituents is 1. The second-order valence-electron chi connectivity index (χ2n) is 7.30. The Balaban J connectivity index is 1.88. The van der Waals surface area contributed by atoms with Crippen molar-refractivity contribution in [2.45, 2.75) is 13.5 Å². The molecule has 0 aliphatic heterocycles. The minimum Gasteiger partial charge on any atom is -0.496 e. The molecule has 0 aliphatic rings. The van der Waals surface area contributed by atoms with Crippen LogP contribution in [0.15, 0.2) is 66.2 Å². The Hall–Kier alpha value is -4.55. The third-order valence-corrected chi connectivity index (χ3v) is 5.16. The molecular weight excluding hydrogens is 486 g/mol. The predicted molar refractivity (Wildman–Crippen MR) is 135 cm³/mol. The van der Waals surface area contributed by atoms with E-state index in [1.165, 1.54) is 37.5 Å². The number of hydrogen-bond acceptors (Lipinski definition) is 7. The Morgan fingerprint density at radius 1 is 1.17 bits per heavy atom. The number of carbonyl (C=O) groups is 1. The third-order valence-electron chi connectivity index (χ3n) is 4.88. The second kappa shape index (κ2) is 12.2. The van der Waals surface area contributed by atoms with Crippen molar-refractivity contribution >= 4 is 35.0 Å². The van der Waals surface area contributed by atoms with E-state index in [2.05, 4.69) is 5.32 Å². The highest BCUT2D eigenvalue weighted by Crippen LogP contribution is 2.38. The van der Waals surface area contributed by atoms with Gasteiger partial charge in [-0.25, -0.2) is 0 Å². The van der Waals surface area contributed by atoms with Crippen LogP contribution in [0.25, 0.3) is 6.08 Å². The summed E-state index contributed by atoms with van der Waals surface area (Å²) in [6.45, 7) is 2.40. The van der Waals surface area contributed by atoms with Crippen molar-refractivity contribution in [2.24, 2.45) is 0 Å². The minimum absolute atomic E-state index is 0.0790. The van der Waals surface area contributed by atoms with Gasteiger partial charge in [0.25, 0.3) is 11.6 Å². The van der Waals surface area contributed by atoms with E-state index in [1.54, 1.807) is 13.0 Å². The lowest BCUT2D eigenvalue weighted by atomic mass is 10.1. The molecule has 0 fully saturated rings. The van der Waals surface area contributed by atoms with Crippen molar-refractivity contribution in [1.82, 2.24) is 0 Å². The summed E-state index contributed by atoms with van der Waals surface area (Å²) in [6.07, 6.45) is 1.31. The summed E-state index contributed by atoms with van der Waals surface area (Å²) >= 11 is 6.45. The average Bonchev–Trinajstić information content (AvgIpc) is 2.87. The molecule has 0 saturated heterocycles. The molecule has 3 aromatic rings. The molecule has 0 radical (unpaired) electrons. The van der Waals surface area contributed by atoms with E-state index in [0.29, 0.717) is 23.7 Å². The lowest BCUT2D eigenvalue weighted by Crippen LogP contribution is -2.14. The van der Waals surface area contributed by atoms with Gasteiger partial charge in [-0.15, -0.1) is 0 Å². The molecule has 3 aromatic carbocycles. The molecule has 9 nitrogen and oxygen atoms in total. The summed E-state index contributed by atoms with van der Waals surface area (Å²) in [5.41, 5.74) is 0.602. The van der Waals surface area contributed by atoms with Crippen LogP contribution in [0, 0.1) is 21.4 Å². The fourth-order valence-electron chi connectivity index (χ4n) is 3.20. The first-order valence-electron chi connectivity index (χ1n) is 10.7. The Kier molecular flexibility index (Phi) is 8.86. The summed E-state index contributed by atoms with van der Waals surface area (Å²) in [4.78, 5) is 23.5. The third kappa shape index (κ3) is 6.52. The molecule has 0 aromatic heterocycles. The van der Waals surface area contributed by atoms with E-state index in [9.17, 15) is 20.2 Å². The van der Waals surface area contributed by atoms with Crippen LogP contribution < -0.4 is 19.5 Å². The lowest BCUT2D eigenvalue weighted by Gasteiger charge is -2.15. The van der Waals surface area contributed by atoms with Crippen molar-refractivity contribution in [2.75, 3.05) is 19.0 Å². The number of nitrogens with one attached hydrogen (secondary N) is 1. The molecule has 3 rings (SSSR count). The number of benzene rings is 3. The zero-order chi connectivity index (χ0) is 26.1. The molecule has 1 N–H and O–H groups in total. The number of methoxy groups -OCH3 is 1. The van der Waals surface area contributed by atoms with E-state index in [-0.39, 0.29) is 34.3 Å². The topological polar surface area (TPSA) is 124 Å². The van der Waals surface area contributed by atoms with Crippen LogP contribution in [0.1, 0.15) is 18.1 Å². The van der Waals surface area contributed by atoms with E-state index in [4.69, 9.17) is 25.8 Å². The molecule has 0 aliphatic carbocycles. The van der Waals surface area contributed by atoms with Crippen LogP contribution in [0.3, 0.4) is 0 Å². The maximum atomic E-state index is 12.8. The maximum Gasteiger partial charge on any atom is 0.296 e. The first kappa shape index (κ1) is 26.1. The largest absolute Gasteiger partial charge is 0.496 e. The number of amides is 1. The predicted octanol–water partition coefficient (Wildman–Crippen LogP) is 5.78. The molecule has 0 saturated carbocycles. The monoisotopic (exact) mass is 507 g/mol. The Bertz CT molecular complexity index is 1340. The number of anilines is 1. The number of halogens is 1. The molecule has 1 amide bonds. The standard InChI is InChI=1S/C26H22ClN3O6/c1-3-35-24-13-18(12-21(27)25(24)36-16-17-7-5-4-6-8-17)11-19(15-28)26(31)29-22-10-9-20(34-2)14-23(22)30(32)33/h4-14H,3,16H2,1-2H3,(H,29,31)/b19-11+. The van der Waals surface area contributed by atoms with Gasteiger partial charge in [0.1, 0.15) is 29.7 Å². The van der Waals surface area contributed by atoms with Gasteiger partial charge in [0, 0.05) is 0 Å². The van der Waals surface area contributed by atoms with Crippen molar-refractivity contribution < 1.29 is 23.9 Å². The van der Waals surface area contributed by atoms with Crippen LogP contribution in [0.4, 0.5) is 11.4 Å². The first-order chi connectivity index (χ1) is 17.4. The SMILES string of the molecule is CCOc1cc(/C=C(\C#N)C(=O)Nc2ccc(OC)cc2[N+](=O)[O-])cc(Cl)c1OCc1ccccc1. The molecule has 0 atom stereocenters. The van der Waals surface area contributed by atoms with Crippen LogP contribution >= 0.6 is 11.6 Å². The number of ether oxygens (including phenoxy) is 3.